The van der Waals surface area contributed by atoms with E-state index in [4.69, 9.17) is 16.3 Å². The topological polar surface area (TPSA) is 46.5 Å². The van der Waals surface area contributed by atoms with Gasteiger partial charge in [0.05, 0.1) is 13.2 Å². The van der Waals surface area contributed by atoms with Gasteiger partial charge in [-0.3, -0.25) is 4.79 Å². The lowest BCUT2D eigenvalue weighted by Crippen LogP contribution is -2.21. The van der Waals surface area contributed by atoms with Crippen molar-refractivity contribution >= 4 is 29.3 Å². The van der Waals surface area contributed by atoms with Crippen molar-refractivity contribution in [3.05, 3.63) is 11.0 Å². The van der Waals surface area contributed by atoms with E-state index < -0.39 is 0 Å². The summed E-state index contributed by atoms with van der Waals surface area (Å²) in [5, 5.41) is 10.5. The second-order valence-corrected chi connectivity index (χ2v) is 10.0. The summed E-state index contributed by atoms with van der Waals surface area (Å²) in [5.74, 6) is 0.678. The van der Waals surface area contributed by atoms with Gasteiger partial charge < -0.3 is 9.84 Å². The van der Waals surface area contributed by atoms with Gasteiger partial charge >= 0.3 is 5.97 Å². The molecule has 156 valence electrons. The number of rotatable bonds is 12. The third kappa shape index (κ3) is 7.29. The highest BCUT2D eigenvalue weighted by Crippen LogP contribution is 2.43. The molecule has 0 radical (unpaired) electrons. The predicted molar refractivity (Wildman–Crippen MR) is 115 cm³/mol. The van der Waals surface area contributed by atoms with Gasteiger partial charge in [-0.05, 0) is 55.3 Å². The fourth-order valence-electron chi connectivity index (χ4n) is 4.56. The second kappa shape index (κ2) is 12.4. The average Bonchev–Trinajstić information content (AvgIpc) is 3.23. The number of esters is 1. The van der Waals surface area contributed by atoms with Crippen LogP contribution in [0.2, 0.25) is 0 Å². The molecular formula is C22H37ClO3S. The first kappa shape index (κ1) is 23.1. The van der Waals surface area contributed by atoms with Crippen LogP contribution < -0.4 is 0 Å². The number of ether oxygens (including phenoxy) is 1. The number of hydrogen-bond acceptors (Lipinski definition) is 4. The van der Waals surface area contributed by atoms with Crippen molar-refractivity contribution in [3.8, 4) is 0 Å². The Labute approximate surface area is 174 Å². The first-order chi connectivity index (χ1) is 13.1. The van der Waals surface area contributed by atoms with E-state index in [1.165, 1.54) is 50.5 Å². The van der Waals surface area contributed by atoms with Gasteiger partial charge in [0, 0.05) is 5.38 Å². The Morgan fingerprint density at radius 2 is 1.89 bits per heavy atom. The first-order valence-electron chi connectivity index (χ1n) is 10.8. The summed E-state index contributed by atoms with van der Waals surface area (Å²) in [6, 6.07) is 0. The second-order valence-electron chi connectivity index (χ2n) is 8.13. The summed E-state index contributed by atoms with van der Waals surface area (Å²) in [7, 11) is 1.46. The zero-order valence-corrected chi connectivity index (χ0v) is 18.6. The van der Waals surface area contributed by atoms with E-state index >= 15 is 0 Å². The Hall–Kier alpha value is -0.190. The lowest BCUT2D eigenvalue weighted by Gasteiger charge is -2.23. The van der Waals surface area contributed by atoms with Crippen LogP contribution in [0.5, 0.6) is 0 Å². The standard InChI is InChI=1S/C22H37ClO3S/c1-3-4-5-6-7-8-11-18-17(19(23)15-20(18)24)12-9-10-16-13-14-21(27-16)22(25)26-2/h13,17-21,24H,3-12,14-15H2,1-2H3/t17-,18?,19?,20-,21?/m1/s1. The van der Waals surface area contributed by atoms with Crippen LogP contribution in [-0.4, -0.2) is 34.9 Å². The lowest BCUT2D eigenvalue weighted by atomic mass is 9.86. The van der Waals surface area contributed by atoms with E-state index in [1.807, 2.05) is 0 Å². The van der Waals surface area contributed by atoms with Gasteiger partial charge in [-0.1, -0.05) is 51.5 Å². The number of allylic oxidation sites excluding steroid dienone is 2. The van der Waals surface area contributed by atoms with E-state index in [0.717, 1.165) is 38.5 Å². The average molecular weight is 417 g/mol. The number of unbranched alkanes of at least 4 members (excludes halogenated alkanes) is 5. The van der Waals surface area contributed by atoms with Crippen molar-refractivity contribution in [2.24, 2.45) is 11.8 Å². The van der Waals surface area contributed by atoms with Crippen LogP contribution in [0.3, 0.4) is 0 Å². The number of thioether (sulfide) groups is 1. The Bertz CT molecular complexity index is 482. The molecular weight excluding hydrogens is 380 g/mol. The van der Waals surface area contributed by atoms with Gasteiger partial charge in [0.25, 0.3) is 0 Å². The summed E-state index contributed by atoms with van der Waals surface area (Å²) in [6.07, 6.45) is 15.5. The minimum Gasteiger partial charge on any atom is -0.468 e. The minimum absolute atomic E-state index is 0.0560. The van der Waals surface area contributed by atoms with Gasteiger partial charge in [-0.25, -0.2) is 0 Å². The third-order valence-electron chi connectivity index (χ3n) is 6.14. The predicted octanol–water partition coefficient (Wildman–Crippen LogP) is 6.07. The molecule has 5 atom stereocenters. The van der Waals surface area contributed by atoms with Crippen molar-refractivity contribution in [1.82, 2.24) is 0 Å². The maximum absolute atomic E-state index is 11.6. The summed E-state index contributed by atoms with van der Waals surface area (Å²) in [4.78, 5) is 12.9. The number of alkyl halides is 1. The van der Waals surface area contributed by atoms with Crippen molar-refractivity contribution in [3.63, 3.8) is 0 Å². The number of methoxy groups -OCH3 is 1. The molecule has 1 heterocycles. The summed E-state index contributed by atoms with van der Waals surface area (Å²) in [6.45, 7) is 2.25. The Morgan fingerprint density at radius 3 is 2.63 bits per heavy atom. The number of carbonyl (C=O) groups is 1. The molecule has 0 spiro atoms. The molecule has 0 bridgehead atoms. The number of aliphatic hydroxyl groups excluding tert-OH is 1. The third-order valence-corrected chi connectivity index (χ3v) is 7.99. The highest BCUT2D eigenvalue weighted by molar-refractivity contribution is 8.04. The minimum atomic E-state index is -0.225. The van der Waals surface area contributed by atoms with Crippen molar-refractivity contribution < 1.29 is 14.6 Å². The van der Waals surface area contributed by atoms with E-state index in [-0.39, 0.29) is 22.7 Å². The van der Waals surface area contributed by atoms with Crippen molar-refractivity contribution in [1.29, 1.82) is 0 Å². The molecule has 1 fully saturated rings. The normalized spacial score (nSPS) is 30.5. The number of carbonyl (C=O) groups excluding carboxylic acids is 1. The Balaban J connectivity index is 1.69. The largest absolute Gasteiger partial charge is 0.468 e. The molecule has 27 heavy (non-hydrogen) atoms. The number of halogens is 1. The smallest absolute Gasteiger partial charge is 0.319 e. The van der Waals surface area contributed by atoms with Crippen LogP contribution in [0.25, 0.3) is 0 Å². The monoisotopic (exact) mass is 416 g/mol. The van der Waals surface area contributed by atoms with Gasteiger partial charge in [0.1, 0.15) is 5.25 Å². The summed E-state index contributed by atoms with van der Waals surface area (Å²) < 4.78 is 4.84. The fourth-order valence-corrected chi connectivity index (χ4v) is 6.26. The molecule has 0 saturated heterocycles. The molecule has 5 heteroatoms. The van der Waals surface area contributed by atoms with Gasteiger partial charge in [0.2, 0.25) is 0 Å². The van der Waals surface area contributed by atoms with Crippen molar-refractivity contribution in [2.75, 3.05) is 7.11 Å². The Morgan fingerprint density at radius 1 is 1.19 bits per heavy atom. The lowest BCUT2D eigenvalue weighted by molar-refractivity contribution is -0.139. The molecule has 1 saturated carbocycles. The van der Waals surface area contributed by atoms with Gasteiger partial charge in [-0.15, -0.1) is 23.4 Å². The molecule has 0 aromatic heterocycles. The molecule has 2 aliphatic rings. The van der Waals surface area contributed by atoms with Crippen LogP contribution in [0.1, 0.15) is 84.0 Å². The highest BCUT2D eigenvalue weighted by Gasteiger charge is 2.40. The molecule has 1 aliphatic carbocycles. The molecule has 0 aromatic rings. The van der Waals surface area contributed by atoms with Gasteiger partial charge in [0.15, 0.2) is 0 Å². The van der Waals surface area contributed by atoms with E-state index in [0.29, 0.717) is 11.8 Å². The number of hydrogen-bond donors (Lipinski definition) is 1. The Kier molecular flexibility index (Phi) is 10.6. The zero-order valence-electron chi connectivity index (χ0n) is 17.0. The quantitative estimate of drug-likeness (QED) is 0.238. The van der Waals surface area contributed by atoms with Crippen LogP contribution in [-0.2, 0) is 9.53 Å². The highest BCUT2D eigenvalue weighted by atomic mass is 35.5. The van der Waals surface area contributed by atoms with E-state index in [9.17, 15) is 9.90 Å². The molecule has 1 N–H and O–H groups in total. The fraction of sp³-hybridized carbons (Fsp3) is 0.864. The van der Waals surface area contributed by atoms with E-state index in [2.05, 4.69) is 13.0 Å². The SMILES string of the molecule is CCCCCCCCC1[C@@H](CCCC2=CCC(C(=O)OC)S2)C(Cl)C[C@H]1O. The van der Waals surface area contributed by atoms with Crippen LogP contribution in [0.4, 0.5) is 0 Å². The summed E-state index contributed by atoms with van der Waals surface area (Å²) >= 11 is 8.24. The maximum Gasteiger partial charge on any atom is 0.319 e. The first-order valence-corrected chi connectivity index (χ1v) is 12.1. The zero-order chi connectivity index (χ0) is 19.6. The molecule has 0 amide bonds. The molecule has 3 unspecified atom stereocenters. The summed E-state index contributed by atoms with van der Waals surface area (Å²) in [5.41, 5.74) is 0. The van der Waals surface area contributed by atoms with Crippen LogP contribution in [0, 0.1) is 11.8 Å². The number of aliphatic hydroxyl groups is 1. The molecule has 1 aliphatic heterocycles. The molecule has 2 rings (SSSR count). The van der Waals surface area contributed by atoms with E-state index in [1.54, 1.807) is 11.8 Å². The molecule has 0 aromatic carbocycles. The van der Waals surface area contributed by atoms with Crippen molar-refractivity contribution in [2.45, 2.75) is 101 Å². The van der Waals surface area contributed by atoms with Gasteiger partial charge in [-0.2, -0.15) is 0 Å². The maximum atomic E-state index is 11.6. The molecule has 3 nitrogen and oxygen atoms in total. The van der Waals surface area contributed by atoms with Crippen LogP contribution in [0.15, 0.2) is 11.0 Å². The van der Waals surface area contributed by atoms with Crippen LogP contribution >= 0.6 is 23.4 Å².